The molecule has 1 aliphatic rings. The van der Waals surface area contributed by atoms with Gasteiger partial charge in [-0.1, -0.05) is 6.92 Å². The lowest BCUT2D eigenvalue weighted by Gasteiger charge is -2.14. The Bertz CT molecular complexity index is 806. The number of nitrogens with zero attached hydrogens (tertiary/aromatic N) is 1. The van der Waals surface area contributed by atoms with Crippen molar-refractivity contribution in [3.05, 3.63) is 30.0 Å². The van der Waals surface area contributed by atoms with Gasteiger partial charge in [0.05, 0.1) is 18.7 Å². The molecule has 0 bridgehead atoms. The number of nitrogens with two attached hydrogens (primary N) is 1. The summed E-state index contributed by atoms with van der Waals surface area (Å²) in [5.74, 6) is 0.279. The number of carbonyl (C=O) groups excluding carboxylic acids is 2. The van der Waals surface area contributed by atoms with Crippen LogP contribution in [0.1, 0.15) is 23.7 Å². The third-order valence-corrected chi connectivity index (χ3v) is 4.17. The Morgan fingerprint density at radius 3 is 2.88 bits per heavy atom. The summed E-state index contributed by atoms with van der Waals surface area (Å²) in [5, 5.41) is 4.39. The van der Waals surface area contributed by atoms with Crippen molar-refractivity contribution < 1.29 is 19.1 Å². The molecule has 0 saturated carbocycles. The SMILES string of the molecule is COc1cc2c(OCC3C[C@H](C)C(=O)N3)nccc2cc1C(N)=O. The zero-order valence-electron chi connectivity index (χ0n) is 13.5. The van der Waals surface area contributed by atoms with Crippen molar-refractivity contribution >= 4 is 22.6 Å². The van der Waals surface area contributed by atoms with E-state index in [4.69, 9.17) is 15.2 Å². The van der Waals surface area contributed by atoms with Crippen molar-refractivity contribution in [1.82, 2.24) is 10.3 Å². The summed E-state index contributed by atoms with van der Waals surface area (Å²) in [5.41, 5.74) is 5.69. The molecule has 3 N–H and O–H groups in total. The molecule has 7 heteroatoms. The van der Waals surface area contributed by atoms with Crippen LogP contribution in [0, 0.1) is 5.92 Å². The quantitative estimate of drug-likeness (QED) is 0.859. The van der Waals surface area contributed by atoms with Crippen LogP contribution >= 0.6 is 0 Å². The Hall–Kier alpha value is -2.83. The summed E-state index contributed by atoms with van der Waals surface area (Å²) >= 11 is 0. The highest BCUT2D eigenvalue weighted by molar-refractivity contribution is 6.01. The van der Waals surface area contributed by atoms with Crippen molar-refractivity contribution in [2.75, 3.05) is 13.7 Å². The van der Waals surface area contributed by atoms with E-state index < -0.39 is 5.91 Å². The maximum Gasteiger partial charge on any atom is 0.252 e. The molecule has 2 amide bonds. The number of hydrogen-bond acceptors (Lipinski definition) is 5. The second kappa shape index (κ2) is 6.35. The summed E-state index contributed by atoms with van der Waals surface area (Å²) in [6, 6.07) is 5.09. The predicted molar refractivity (Wildman–Crippen MR) is 88.0 cm³/mol. The standard InChI is InChI=1S/C17H19N3O4/c1-9-5-11(20-16(9)22)8-24-17-12-7-14(23-2)13(15(18)21)6-10(12)3-4-19-17/h3-4,6-7,9,11H,5,8H2,1-2H3,(H2,18,21)(H,20,22)/t9-,11?/m0/s1. The summed E-state index contributed by atoms with van der Waals surface area (Å²) < 4.78 is 11.0. The molecule has 1 aromatic heterocycles. The van der Waals surface area contributed by atoms with Gasteiger partial charge >= 0.3 is 0 Å². The Kier molecular flexibility index (Phi) is 4.24. The number of pyridine rings is 1. The van der Waals surface area contributed by atoms with Crippen molar-refractivity contribution in [2.24, 2.45) is 11.7 Å². The third kappa shape index (κ3) is 2.97. The molecule has 1 aromatic carbocycles. The minimum Gasteiger partial charge on any atom is -0.496 e. The smallest absolute Gasteiger partial charge is 0.252 e. The number of rotatable bonds is 5. The minimum atomic E-state index is -0.560. The normalized spacial score (nSPS) is 20.0. The monoisotopic (exact) mass is 329 g/mol. The topological polar surface area (TPSA) is 104 Å². The first kappa shape index (κ1) is 16.0. The molecule has 1 fully saturated rings. The first-order valence-electron chi connectivity index (χ1n) is 7.69. The van der Waals surface area contributed by atoms with Crippen LogP contribution in [0.4, 0.5) is 0 Å². The Morgan fingerprint density at radius 1 is 1.46 bits per heavy atom. The molecule has 7 nitrogen and oxygen atoms in total. The van der Waals surface area contributed by atoms with E-state index in [2.05, 4.69) is 10.3 Å². The first-order valence-corrected chi connectivity index (χ1v) is 7.69. The molecule has 1 saturated heterocycles. The van der Waals surface area contributed by atoms with Crippen LogP contribution in [-0.2, 0) is 4.79 Å². The zero-order valence-corrected chi connectivity index (χ0v) is 13.5. The Labute approximate surface area is 139 Å². The number of hydrogen-bond donors (Lipinski definition) is 2. The maximum atomic E-state index is 11.6. The lowest BCUT2D eigenvalue weighted by molar-refractivity contribution is -0.122. The molecule has 2 atom stereocenters. The average molecular weight is 329 g/mol. The predicted octanol–water partition coefficient (Wildman–Crippen LogP) is 1.25. The van der Waals surface area contributed by atoms with E-state index in [0.29, 0.717) is 23.8 Å². The summed E-state index contributed by atoms with van der Waals surface area (Å²) in [6.07, 6.45) is 2.34. The lowest BCUT2D eigenvalue weighted by atomic mass is 10.1. The number of benzene rings is 1. The van der Waals surface area contributed by atoms with Crippen LogP contribution in [-0.4, -0.2) is 36.6 Å². The van der Waals surface area contributed by atoms with Crippen LogP contribution in [0.2, 0.25) is 0 Å². The van der Waals surface area contributed by atoms with E-state index in [1.165, 1.54) is 7.11 Å². The van der Waals surface area contributed by atoms with Crippen LogP contribution in [0.25, 0.3) is 10.8 Å². The average Bonchev–Trinajstić information content (AvgIpc) is 2.89. The minimum absolute atomic E-state index is 0.00250. The number of carbonyl (C=O) groups is 2. The zero-order chi connectivity index (χ0) is 17.3. The van der Waals surface area contributed by atoms with E-state index in [1.807, 2.05) is 6.92 Å². The highest BCUT2D eigenvalue weighted by atomic mass is 16.5. The highest BCUT2D eigenvalue weighted by Gasteiger charge is 2.28. The molecule has 0 radical (unpaired) electrons. The van der Waals surface area contributed by atoms with Gasteiger partial charge in [-0.2, -0.15) is 0 Å². The van der Waals surface area contributed by atoms with Gasteiger partial charge in [-0.25, -0.2) is 4.98 Å². The number of ether oxygens (including phenoxy) is 2. The van der Waals surface area contributed by atoms with Crippen LogP contribution in [0.15, 0.2) is 24.4 Å². The van der Waals surface area contributed by atoms with Crippen molar-refractivity contribution in [3.63, 3.8) is 0 Å². The highest BCUT2D eigenvalue weighted by Crippen LogP contribution is 2.30. The Balaban J connectivity index is 1.88. The molecule has 1 unspecified atom stereocenters. The fourth-order valence-electron chi connectivity index (χ4n) is 2.88. The molecular weight excluding hydrogens is 310 g/mol. The second-order valence-electron chi connectivity index (χ2n) is 5.91. The summed E-state index contributed by atoms with van der Waals surface area (Å²) in [6.45, 7) is 2.23. The van der Waals surface area contributed by atoms with Gasteiger partial charge in [0.1, 0.15) is 12.4 Å². The van der Waals surface area contributed by atoms with Gasteiger partial charge in [0.25, 0.3) is 5.91 Å². The van der Waals surface area contributed by atoms with E-state index in [-0.39, 0.29) is 17.9 Å². The Morgan fingerprint density at radius 2 is 2.25 bits per heavy atom. The number of aromatic nitrogens is 1. The van der Waals surface area contributed by atoms with Crippen molar-refractivity contribution in [1.29, 1.82) is 0 Å². The molecule has 24 heavy (non-hydrogen) atoms. The summed E-state index contributed by atoms with van der Waals surface area (Å²) in [4.78, 5) is 27.3. The fraction of sp³-hybridized carbons (Fsp3) is 0.353. The van der Waals surface area contributed by atoms with E-state index in [0.717, 1.165) is 17.2 Å². The fourth-order valence-corrected chi connectivity index (χ4v) is 2.88. The number of amides is 2. The number of nitrogens with one attached hydrogen (secondary N) is 1. The van der Waals surface area contributed by atoms with Crippen molar-refractivity contribution in [2.45, 2.75) is 19.4 Å². The lowest BCUT2D eigenvalue weighted by Crippen LogP contribution is -2.31. The number of methoxy groups -OCH3 is 1. The van der Waals surface area contributed by atoms with Crippen LogP contribution in [0.5, 0.6) is 11.6 Å². The van der Waals surface area contributed by atoms with Gasteiger partial charge in [0.2, 0.25) is 11.8 Å². The van der Waals surface area contributed by atoms with Crippen molar-refractivity contribution in [3.8, 4) is 11.6 Å². The van der Waals surface area contributed by atoms with Gasteiger partial charge in [0, 0.05) is 17.5 Å². The number of fused-ring (bicyclic) bond motifs is 1. The van der Waals surface area contributed by atoms with Gasteiger partial charge < -0.3 is 20.5 Å². The van der Waals surface area contributed by atoms with Crippen LogP contribution in [0.3, 0.4) is 0 Å². The van der Waals surface area contributed by atoms with Crippen LogP contribution < -0.4 is 20.5 Å². The molecule has 2 heterocycles. The maximum absolute atomic E-state index is 11.6. The molecule has 2 aromatic rings. The summed E-state index contributed by atoms with van der Waals surface area (Å²) in [7, 11) is 1.47. The first-order chi connectivity index (χ1) is 11.5. The van der Waals surface area contributed by atoms with E-state index >= 15 is 0 Å². The van der Waals surface area contributed by atoms with E-state index in [1.54, 1.807) is 24.4 Å². The van der Waals surface area contributed by atoms with Gasteiger partial charge in [-0.15, -0.1) is 0 Å². The molecular formula is C17H19N3O4. The molecule has 0 spiro atoms. The van der Waals surface area contributed by atoms with Gasteiger partial charge in [0.15, 0.2) is 0 Å². The molecule has 1 aliphatic heterocycles. The van der Waals surface area contributed by atoms with E-state index in [9.17, 15) is 9.59 Å². The molecule has 0 aliphatic carbocycles. The molecule has 3 rings (SSSR count). The molecule has 126 valence electrons. The largest absolute Gasteiger partial charge is 0.496 e. The third-order valence-electron chi connectivity index (χ3n) is 4.17. The number of primary amides is 1. The second-order valence-corrected chi connectivity index (χ2v) is 5.91. The van der Waals surface area contributed by atoms with Gasteiger partial charge in [-0.05, 0) is 30.0 Å². The van der Waals surface area contributed by atoms with Gasteiger partial charge in [-0.3, -0.25) is 9.59 Å².